The molecule has 0 aromatic rings. The fourth-order valence-corrected chi connectivity index (χ4v) is 1.93. The van der Waals surface area contributed by atoms with E-state index in [9.17, 15) is 9.90 Å². The zero-order valence-electron chi connectivity index (χ0n) is 13.6. The Morgan fingerprint density at radius 1 is 1.05 bits per heavy atom. The van der Waals surface area contributed by atoms with Gasteiger partial charge in [0.25, 0.3) is 0 Å². The van der Waals surface area contributed by atoms with Gasteiger partial charge in [0.2, 0.25) is 0 Å². The summed E-state index contributed by atoms with van der Waals surface area (Å²) in [6, 6.07) is 0. The molecule has 0 aliphatic heterocycles. The van der Waals surface area contributed by atoms with Crippen LogP contribution in [-0.2, 0) is 14.3 Å². The van der Waals surface area contributed by atoms with Gasteiger partial charge in [0.15, 0.2) is 0 Å². The van der Waals surface area contributed by atoms with Crippen LogP contribution in [0.15, 0.2) is 0 Å². The maximum atomic E-state index is 10.3. The van der Waals surface area contributed by atoms with E-state index in [0.29, 0.717) is 32.7 Å². The standard InChI is InChI=1S/C16H32O5/c1-14(2)8-4-3-6-10-20-13-15(12-17)21-11-7-5-9-16(18)19/h14-15,17H,3-13H2,1-2H3,(H,18,19)/t15-/m0/s1. The number of unbranched alkanes of at least 4 members (excludes halogenated alkanes) is 3. The molecule has 0 saturated heterocycles. The van der Waals surface area contributed by atoms with Crippen molar-refractivity contribution in [2.75, 3.05) is 26.4 Å². The van der Waals surface area contributed by atoms with Gasteiger partial charge in [0.05, 0.1) is 13.2 Å². The van der Waals surface area contributed by atoms with Crippen LogP contribution < -0.4 is 0 Å². The molecule has 0 rings (SSSR count). The van der Waals surface area contributed by atoms with Crippen LogP contribution in [0.25, 0.3) is 0 Å². The number of ether oxygens (including phenoxy) is 2. The number of carbonyl (C=O) groups is 1. The first-order valence-corrected chi connectivity index (χ1v) is 8.08. The van der Waals surface area contributed by atoms with Gasteiger partial charge in [0.1, 0.15) is 6.10 Å². The van der Waals surface area contributed by atoms with Gasteiger partial charge in [-0.2, -0.15) is 0 Å². The SMILES string of the molecule is CC(C)CCCCCOC[C@H](CO)OCCCCC(=O)O. The highest BCUT2D eigenvalue weighted by atomic mass is 16.5. The van der Waals surface area contributed by atoms with E-state index in [4.69, 9.17) is 14.6 Å². The Morgan fingerprint density at radius 3 is 2.38 bits per heavy atom. The number of carboxylic acid groups (broad SMARTS) is 1. The van der Waals surface area contributed by atoms with Crippen molar-refractivity contribution in [1.29, 1.82) is 0 Å². The first-order chi connectivity index (χ1) is 10.1. The molecule has 126 valence electrons. The van der Waals surface area contributed by atoms with Crippen LogP contribution >= 0.6 is 0 Å². The van der Waals surface area contributed by atoms with Crippen molar-refractivity contribution in [3.63, 3.8) is 0 Å². The van der Waals surface area contributed by atoms with Gasteiger partial charge in [-0.1, -0.05) is 33.1 Å². The van der Waals surface area contributed by atoms with Gasteiger partial charge >= 0.3 is 5.97 Å². The molecular formula is C16H32O5. The summed E-state index contributed by atoms with van der Waals surface area (Å²) in [6.45, 7) is 5.98. The number of hydrogen-bond acceptors (Lipinski definition) is 4. The molecule has 0 unspecified atom stereocenters. The van der Waals surface area contributed by atoms with Crippen molar-refractivity contribution in [3.05, 3.63) is 0 Å². The lowest BCUT2D eigenvalue weighted by Crippen LogP contribution is -2.24. The predicted molar refractivity (Wildman–Crippen MR) is 82.4 cm³/mol. The third kappa shape index (κ3) is 15.6. The molecule has 1 atom stereocenters. The van der Waals surface area contributed by atoms with E-state index < -0.39 is 5.97 Å². The second-order valence-corrected chi connectivity index (χ2v) is 5.84. The summed E-state index contributed by atoms with van der Waals surface area (Å²) < 4.78 is 11.0. The van der Waals surface area contributed by atoms with Crippen molar-refractivity contribution >= 4 is 5.97 Å². The van der Waals surface area contributed by atoms with E-state index in [1.807, 2.05) is 0 Å². The van der Waals surface area contributed by atoms with E-state index in [0.717, 1.165) is 12.3 Å². The monoisotopic (exact) mass is 304 g/mol. The highest BCUT2D eigenvalue weighted by Gasteiger charge is 2.08. The molecule has 0 bridgehead atoms. The van der Waals surface area contributed by atoms with E-state index >= 15 is 0 Å². The molecule has 0 aromatic heterocycles. The van der Waals surface area contributed by atoms with Crippen LogP contribution in [-0.4, -0.2) is 48.7 Å². The molecule has 0 radical (unpaired) electrons. The van der Waals surface area contributed by atoms with Gasteiger partial charge in [-0.05, 0) is 25.2 Å². The van der Waals surface area contributed by atoms with Gasteiger partial charge in [-0.25, -0.2) is 0 Å². The Kier molecular flexibility index (Phi) is 13.9. The zero-order chi connectivity index (χ0) is 15.9. The van der Waals surface area contributed by atoms with E-state index in [2.05, 4.69) is 13.8 Å². The minimum Gasteiger partial charge on any atom is -0.481 e. The molecule has 0 saturated carbocycles. The third-order valence-electron chi connectivity index (χ3n) is 3.22. The highest BCUT2D eigenvalue weighted by molar-refractivity contribution is 5.66. The van der Waals surface area contributed by atoms with Crippen LogP contribution in [0.1, 0.15) is 58.8 Å². The number of rotatable bonds is 15. The lowest BCUT2D eigenvalue weighted by atomic mass is 10.1. The van der Waals surface area contributed by atoms with Crippen molar-refractivity contribution < 1.29 is 24.5 Å². The van der Waals surface area contributed by atoms with Crippen molar-refractivity contribution in [2.24, 2.45) is 5.92 Å². The van der Waals surface area contributed by atoms with E-state index in [-0.39, 0.29) is 19.1 Å². The van der Waals surface area contributed by atoms with Crippen LogP contribution in [0.4, 0.5) is 0 Å². The van der Waals surface area contributed by atoms with Crippen LogP contribution in [0.3, 0.4) is 0 Å². The molecule has 0 aliphatic carbocycles. The maximum Gasteiger partial charge on any atom is 0.303 e. The summed E-state index contributed by atoms with van der Waals surface area (Å²) in [5.74, 6) is -0.0197. The topological polar surface area (TPSA) is 76.0 Å². The largest absolute Gasteiger partial charge is 0.481 e. The quantitative estimate of drug-likeness (QED) is 0.455. The molecular weight excluding hydrogens is 272 g/mol. The number of hydrogen-bond donors (Lipinski definition) is 2. The molecule has 0 fully saturated rings. The first-order valence-electron chi connectivity index (χ1n) is 8.08. The van der Waals surface area contributed by atoms with Crippen molar-refractivity contribution in [1.82, 2.24) is 0 Å². The van der Waals surface area contributed by atoms with Crippen molar-refractivity contribution in [2.45, 2.75) is 64.9 Å². The number of aliphatic hydroxyl groups is 1. The Balaban J connectivity index is 3.38. The van der Waals surface area contributed by atoms with E-state index in [1.165, 1.54) is 19.3 Å². The Hall–Kier alpha value is -0.650. The normalized spacial score (nSPS) is 12.8. The Morgan fingerprint density at radius 2 is 1.76 bits per heavy atom. The lowest BCUT2D eigenvalue weighted by molar-refractivity contribution is -0.137. The summed E-state index contributed by atoms with van der Waals surface area (Å²) in [7, 11) is 0. The molecule has 0 aromatic carbocycles. The predicted octanol–water partition coefficient (Wildman–Crippen LogP) is 2.85. The number of aliphatic carboxylic acids is 1. The molecule has 0 amide bonds. The third-order valence-corrected chi connectivity index (χ3v) is 3.22. The second kappa shape index (κ2) is 14.3. The first kappa shape index (κ1) is 20.3. The van der Waals surface area contributed by atoms with Gasteiger partial charge in [-0.3, -0.25) is 4.79 Å². The fourth-order valence-electron chi connectivity index (χ4n) is 1.93. The number of carboxylic acids is 1. The average molecular weight is 304 g/mol. The summed E-state index contributed by atoms with van der Waals surface area (Å²) in [5, 5.41) is 17.7. The van der Waals surface area contributed by atoms with Crippen LogP contribution in [0, 0.1) is 5.92 Å². The fraction of sp³-hybridized carbons (Fsp3) is 0.938. The second-order valence-electron chi connectivity index (χ2n) is 5.84. The highest BCUT2D eigenvalue weighted by Crippen LogP contribution is 2.08. The Bertz CT molecular complexity index is 243. The summed E-state index contributed by atoms with van der Waals surface area (Å²) in [5.41, 5.74) is 0. The molecule has 0 aliphatic rings. The van der Waals surface area contributed by atoms with Crippen LogP contribution in [0.5, 0.6) is 0 Å². The van der Waals surface area contributed by atoms with Crippen molar-refractivity contribution in [3.8, 4) is 0 Å². The lowest BCUT2D eigenvalue weighted by Gasteiger charge is -2.15. The molecule has 5 heteroatoms. The molecule has 21 heavy (non-hydrogen) atoms. The number of aliphatic hydroxyl groups excluding tert-OH is 1. The molecule has 0 spiro atoms. The molecule has 5 nitrogen and oxygen atoms in total. The van der Waals surface area contributed by atoms with E-state index in [1.54, 1.807) is 0 Å². The van der Waals surface area contributed by atoms with Gasteiger partial charge in [-0.15, -0.1) is 0 Å². The molecule has 0 heterocycles. The maximum absolute atomic E-state index is 10.3. The average Bonchev–Trinajstić information content (AvgIpc) is 2.43. The Labute approximate surface area is 128 Å². The summed E-state index contributed by atoms with van der Waals surface area (Å²) in [4.78, 5) is 10.3. The van der Waals surface area contributed by atoms with Crippen LogP contribution in [0.2, 0.25) is 0 Å². The summed E-state index contributed by atoms with van der Waals surface area (Å²) in [6.07, 6.45) is 5.89. The molecule has 2 N–H and O–H groups in total. The zero-order valence-corrected chi connectivity index (χ0v) is 13.6. The van der Waals surface area contributed by atoms with Gasteiger partial charge in [0, 0.05) is 19.6 Å². The smallest absolute Gasteiger partial charge is 0.303 e. The van der Waals surface area contributed by atoms with Gasteiger partial charge < -0.3 is 19.7 Å². The minimum atomic E-state index is -0.783. The minimum absolute atomic E-state index is 0.0632. The summed E-state index contributed by atoms with van der Waals surface area (Å²) >= 11 is 0.